The maximum atomic E-state index is 14.6. The SMILES string of the molecule is C=CCn1c(=O)c2cnc(Nc3ccc(N4CCC(N(C)C)CC4)cc3)nc2n1-c1ccc2c(n1)[C@@](O)(C(F)(F)F)C1(CC2)CC1. The molecule has 1 spiro atoms. The van der Waals surface area contributed by atoms with Crippen LogP contribution in [0.15, 0.2) is 60.0 Å². The topological polar surface area (TPSA) is 104 Å². The Kier molecular flexibility index (Phi) is 7.24. The summed E-state index contributed by atoms with van der Waals surface area (Å²) in [5.74, 6) is 0.248. The van der Waals surface area contributed by atoms with E-state index in [4.69, 9.17) is 0 Å². The molecule has 2 aliphatic carbocycles. The number of hydrogen-bond donors (Lipinski definition) is 2. The van der Waals surface area contributed by atoms with E-state index in [0.29, 0.717) is 18.0 Å². The maximum Gasteiger partial charge on any atom is 0.423 e. The zero-order valence-electron chi connectivity index (χ0n) is 25.9. The summed E-state index contributed by atoms with van der Waals surface area (Å²) in [5.41, 5.74) is -2.82. The van der Waals surface area contributed by atoms with Crippen molar-refractivity contribution < 1.29 is 18.3 Å². The van der Waals surface area contributed by atoms with Gasteiger partial charge in [0, 0.05) is 42.1 Å². The number of benzene rings is 1. The van der Waals surface area contributed by atoms with Crippen LogP contribution in [0.1, 0.15) is 43.4 Å². The first kappa shape index (κ1) is 30.4. The van der Waals surface area contributed by atoms with Crippen molar-refractivity contribution in [2.75, 3.05) is 37.4 Å². The van der Waals surface area contributed by atoms with Gasteiger partial charge in [0.1, 0.15) is 5.39 Å². The second kappa shape index (κ2) is 10.9. The molecule has 1 saturated carbocycles. The van der Waals surface area contributed by atoms with Crippen LogP contribution in [-0.4, -0.2) is 73.7 Å². The molecule has 10 nitrogen and oxygen atoms in total. The maximum absolute atomic E-state index is 14.6. The summed E-state index contributed by atoms with van der Waals surface area (Å²) < 4.78 is 46.4. The third-order valence-corrected chi connectivity index (χ3v) is 10.1. The molecule has 46 heavy (non-hydrogen) atoms. The van der Waals surface area contributed by atoms with Crippen LogP contribution in [0.2, 0.25) is 0 Å². The summed E-state index contributed by atoms with van der Waals surface area (Å²) in [4.78, 5) is 31.5. The van der Waals surface area contributed by atoms with Gasteiger partial charge < -0.3 is 20.2 Å². The Morgan fingerprint density at radius 1 is 1.09 bits per heavy atom. The smallest absolute Gasteiger partial charge is 0.375 e. The van der Waals surface area contributed by atoms with Gasteiger partial charge in [-0.2, -0.15) is 18.2 Å². The minimum Gasteiger partial charge on any atom is -0.375 e. The highest BCUT2D eigenvalue weighted by atomic mass is 19.4. The van der Waals surface area contributed by atoms with E-state index in [2.05, 4.69) is 50.7 Å². The van der Waals surface area contributed by atoms with Crippen molar-refractivity contribution in [3.63, 3.8) is 0 Å². The number of rotatable bonds is 7. The Hall–Kier alpha value is -4.23. The standard InChI is InChI=1S/C33H37F3N8O2/c1-4-17-43-29(45)25-20-37-30(38-22-6-8-24(9-7-22)42-18-12-23(13-19-42)41(2)3)40-28(25)44(43)26-10-5-21-11-14-31(15-16-31)32(46,27(21)39-26)33(34,35)36/h4-10,20,23,46H,1,11-19H2,2-3H3,(H,37,38,40)/t32-/m0/s1. The number of aromatic nitrogens is 5. The molecule has 0 radical (unpaired) electrons. The molecule has 3 aliphatic rings. The summed E-state index contributed by atoms with van der Waals surface area (Å²) in [6.07, 6.45) is 1.38. The minimum absolute atomic E-state index is 0.0418. The van der Waals surface area contributed by atoms with E-state index in [9.17, 15) is 23.1 Å². The summed E-state index contributed by atoms with van der Waals surface area (Å²) in [7, 11) is 4.24. The molecule has 1 aromatic carbocycles. The van der Waals surface area contributed by atoms with E-state index in [1.54, 1.807) is 12.1 Å². The summed E-state index contributed by atoms with van der Waals surface area (Å²) >= 11 is 0. The van der Waals surface area contributed by atoms with Crippen molar-refractivity contribution in [2.45, 2.75) is 62.9 Å². The number of alkyl halides is 3. The van der Waals surface area contributed by atoms with Crippen molar-refractivity contribution in [3.8, 4) is 5.82 Å². The molecule has 0 amide bonds. The van der Waals surface area contributed by atoms with Gasteiger partial charge in [-0.15, -0.1) is 6.58 Å². The van der Waals surface area contributed by atoms with E-state index in [0.717, 1.165) is 37.3 Å². The van der Waals surface area contributed by atoms with Gasteiger partial charge >= 0.3 is 6.18 Å². The average molecular weight is 635 g/mol. The van der Waals surface area contributed by atoms with Gasteiger partial charge in [0.2, 0.25) is 11.5 Å². The van der Waals surface area contributed by atoms with E-state index in [1.807, 2.05) is 24.3 Å². The average Bonchev–Trinajstić information content (AvgIpc) is 3.78. The quantitative estimate of drug-likeness (QED) is 0.277. The van der Waals surface area contributed by atoms with Crippen LogP contribution in [0.25, 0.3) is 16.9 Å². The zero-order valence-corrected chi connectivity index (χ0v) is 25.9. The molecule has 1 atom stereocenters. The van der Waals surface area contributed by atoms with Gasteiger partial charge in [0.25, 0.3) is 5.56 Å². The molecule has 4 heterocycles. The molecule has 242 valence electrons. The number of aryl methyl sites for hydroxylation is 1. The number of piperidine rings is 1. The molecule has 1 saturated heterocycles. The van der Waals surface area contributed by atoms with E-state index < -0.39 is 28.4 Å². The van der Waals surface area contributed by atoms with Crippen LogP contribution in [0.3, 0.4) is 0 Å². The molecule has 13 heteroatoms. The molecular weight excluding hydrogens is 597 g/mol. The van der Waals surface area contributed by atoms with Crippen molar-refractivity contribution >= 4 is 28.4 Å². The molecule has 1 aliphatic heterocycles. The first-order valence-electron chi connectivity index (χ1n) is 15.6. The predicted molar refractivity (Wildman–Crippen MR) is 170 cm³/mol. The lowest BCUT2D eigenvalue weighted by molar-refractivity contribution is -0.298. The Balaban J connectivity index is 1.24. The van der Waals surface area contributed by atoms with E-state index in [-0.39, 0.29) is 48.6 Å². The monoisotopic (exact) mass is 634 g/mol. The van der Waals surface area contributed by atoms with Gasteiger partial charge in [0.05, 0.1) is 12.2 Å². The second-order valence-corrected chi connectivity index (χ2v) is 12.9. The number of allylic oxidation sites excluding steroid dienone is 1. The predicted octanol–water partition coefficient (Wildman–Crippen LogP) is 4.91. The molecule has 0 unspecified atom stereocenters. The minimum atomic E-state index is -4.92. The number of fused-ring (bicyclic) bond motifs is 2. The van der Waals surface area contributed by atoms with Gasteiger partial charge in [-0.3, -0.25) is 4.79 Å². The Morgan fingerprint density at radius 3 is 2.43 bits per heavy atom. The largest absolute Gasteiger partial charge is 0.423 e. The number of aliphatic hydroxyl groups is 1. The lowest BCUT2D eigenvalue weighted by Gasteiger charge is -2.42. The summed E-state index contributed by atoms with van der Waals surface area (Å²) in [6.45, 7) is 5.76. The third kappa shape index (κ3) is 4.79. The van der Waals surface area contributed by atoms with Crippen molar-refractivity contribution in [3.05, 3.63) is 76.9 Å². The molecule has 4 aromatic rings. The highest BCUT2D eigenvalue weighted by molar-refractivity contribution is 5.77. The molecule has 0 bridgehead atoms. The first-order chi connectivity index (χ1) is 22.0. The van der Waals surface area contributed by atoms with Crippen LogP contribution in [-0.2, 0) is 18.6 Å². The zero-order chi connectivity index (χ0) is 32.4. The fourth-order valence-electron chi connectivity index (χ4n) is 7.25. The van der Waals surface area contributed by atoms with Crippen LogP contribution in [0.5, 0.6) is 0 Å². The normalized spacial score (nSPS) is 21.2. The van der Waals surface area contributed by atoms with Crippen LogP contribution in [0, 0.1) is 5.41 Å². The number of pyridine rings is 1. The number of hydrogen-bond acceptors (Lipinski definition) is 8. The highest BCUT2D eigenvalue weighted by Crippen LogP contribution is 2.68. The molecule has 3 aromatic heterocycles. The van der Waals surface area contributed by atoms with Crippen LogP contribution in [0.4, 0.5) is 30.5 Å². The van der Waals surface area contributed by atoms with Gasteiger partial charge in [0.15, 0.2) is 11.5 Å². The van der Waals surface area contributed by atoms with Gasteiger partial charge in [-0.05, 0) is 88.5 Å². The fourth-order valence-corrected chi connectivity index (χ4v) is 7.25. The molecule has 7 rings (SSSR count). The van der Waals surface area contributed by atoms with E-state index >= 15 is 0 Å². The number of anilines is 3. The summed E-state index contributed by atoms with van der Waals surface area (Å²) in [5, 5.41) is 14.7. The Labute approximate surface area is 264 Å². The Bertz CT molecular complexity index is 1850. The summed E-state index contributed by atoms with van der Waals surface area (Å²) in [6, 6.07) is 11.7. The van der Waals surface area contributed by atoms with Crippen molar-refractivity contribution in [1.82, 2.24) is 29.2 Å². The number of nitrogens with one attached hydrogen (secondary N) is 1. The van der Waals surface area contributed by atoms with Gasteiger partial charge in [-0.25, -0.2) is 19.3 Å². The highest BCUT2D eigenvalue weighted by Gasteiger charge is 2.74. The number of nitrogens with zero attached hydrogens (tertiary/aromatic N) is 7. The molecule has 2 fully saturated rings. The van der Waals surface area contributed by atoms with Crippen LogP contribution >= 0.6 is 0 Å². The van der Waals surface area contributed by atoms with Crippen LogP contribution < -0.4 is 15.8 Å². The molecule has 2 N–H and O–H groups in total. The Morgan fingerprint density at radius 2 is 1.80 bits per heavy atom. The molecular formula is C33H37F3N8O2. The third-order valence-electron chi connectivity index (χ3n) is 10.1. The van der Waals surface area contributed by atoms with Crippen molar-refractivity contribution in [1.29, 1.82) is 0 Å². The van der Waals surface area contributed by atoms with Crippen molar-refractivity contribution in [2.24, 2.45) is 5.41 Å². The second-order valence-electron chi connectivity index (χ2n) is 12.9. The fraction of sp³-hybridized carbons (Fsp3) is 0.455. The number of halogens is 3. The van der Waals surface area contributed by atoms with E-state index in [1.165, 1.54) is 21.6 Å². The first-order valence-corrected chi connectivity index (χ1v) is 15.6. The lowest BCUT2D eigenvalue weighted by atomic mass is 9.71. The lowest BCUT2D eigenvalue weighted by Crippen LogP contribution is -2.53. The van der Waals surface area contributed by atoms with Gasteiger partial charge in [-0.1, -0.05) is 12.1 Å².